The maximum Gasteiger partial charge on any atom is 0.0897 e. The normalized spacial score (nSPS) is 14.4. The second kappa shape index (κ2) is 4.41. The summed E-state index contributed by atoms with van der Waals surface area (Å²) in [5.41, 5.74) is 1.30. The number of nitrogens with zero attached hydrogens (tertiary/aromatic N) is 1. The average Bonchev–Trinajstić information content (AvgIpc) is 2.45. The molecule has 1 aromatic heterocycles. The highest BCUT2D eigenvalue weighted by atomic mass is 32.1. The lowest BCUT2D eigenvalue weighted by molar-refractivity contribution is 0.221. The standard InChI is InChI=1S/C11H19NOS/c1-8-12-10(7-14-8)9(5-6-13)11(2,3)4/h7,9,13H,5-6H2,1-4H3. The number of rotatable bonds is 3. The first-order chi connectivity index (χ1) is 6.45. The number of thiazole rings is 1. The van der Waals surface area contributed by atoms with Crippen LogP contribution in [0.1, 0.15) is 43.8 Å². The molecule has 2 nitrogen and oxygen atoms in total. The van der Waals surface area contributed by atoms with E-state index in [9.17, 15) is 0 Å². The summed E-state index contributed by atoms with van der Waals surface area (Å²) in [6.07, 6.45) is 0.798. The number of aliphatic hydroxyl groups is 1. The van der Waals surface area contributed by atoms with E-state index >= 15 is 0 Å². The van der Waals surface area contributed by atoms with Gasteiger partial charge in [-0.25, -0.2) is 4.98 Å². The van der Waals surface area contributed by atoms with Gasteiger partial charge in [0.05, 0.1) is 10.7 Å². The van der Waals surface area contributed by atoms with Gasteiger partial charge < -0.3 is 5.11 Å². The molecule has 1 unspecified atom stereocenters. The van der Waals surface area contributed by atoms with Gasteiger partial charge in [-0.1, -0.05) is 20.8 Å². The lowest BCUT2D eigenvalue weighted by Crippen LogP contribution is -2.20. The quantitative estimate of drug-likeness (QED) is 0.837. The highest BCUT2D eigenvalue weighted by Gasteiger charge is 2.27. The van der Waals surface area contributed by atoms with Crippen LogP contribution in [0.5, 0.6) is 0 Å². The Balaban J connectivity index is 2.88. The van der Waals surface area contributed by atoms with Crippen molar-refractivity contribution in [3.05, 3.63) is 16.1 Å². The largest absolute Gasteiger partial charge is 0.396 e. The van der Waals surface area contributed by atoms with Crippen molar-refractivity contribution < 1.29 is 5.11 Å². The lowest BCUT2D eigenvalue weighted by atomic mass is 9.77. The van der Waals surface area contributed by atoms with E-state index in [4.69, 9.17) is 5.11 Å². The molecule has 0 aliphatic carbocycles. The number of hydrogen-bond acceptors (Lipinski definition) is 3. The SMILES string of the molecule is Cc1nc(C(CCO)C(C)(C)C)cs1. The Kier molecular flexibility index (Phi) is 3.67. The second-order valence-corrected chi connectivity index (χ2v) is 5.78. The monoisotopic (exact) mass is 213 g/mol. The Labute approximate surface area is 90.0 Å². The van der Waals surface area contributed by atoms with Crippen LogP contribution in [0.2, 0.25) is 0 Å². The summed E-state index contributed by atoms with van der Waals surface area (Å²) in [4.78, 5) is 4.50. The molecule has 0 amide bonds. The van der Waals surface area contributed by atoms with Crippen molar-refractivity contribution in [2.75, 3.05) is 6.61 Å². The molecule has 1 atom stereocenters. The van der Waals surface area contributed by atoms with Crippen LogP contribution in [0.4, 0.5) is 0 Å². The van der Waals surface area contributed by atoms with E-state index in [1.807, 2.05) is 6.92 Å². The fraction of sp³-hybridized carbons (Fsp3) is 0.727. The van der Waals surface area contributed by atoms with Crippen LogP contribution in [0.15, 0.2) is 5.38 Å². The van der Waals surface area contributed by atoms with E-state index in [0.717, 1.165) is 17.1 Å². The molecule has 0 fully saturated rings. The van der Waals surface area contributed by atoms with Crippen molar-refractivity contribution in [1.29, 1.82) is 0 Å². The van der Waals surface area contributed by atoms with Crippen LogP contribution in [-0.2, 0) is 0 Å². The van der Waals surface area contributed by atoms with E-state index in [1.54, 1.807) is 11.3 Å². The Bertz CT molecular complexity index is 288. The third-order valence-electron chi connectivity index (χ3n) is 2.46. The highest BCUT2D eigenvalue weighted by molar-refractivity contribution is 7.09. The molecule has 0 bridgehead atoms. The van der Waals surface area contributed by atoms with Crippen molar-refractivity contribution in [1.82, 2.24) is 4.98 Å². The molecular formula is C11H19NOS. The van der Waals surface area contributed by atoms with Gasteiger partial charge in [-0.05, 0) is 18.8 Å². The molecule has 0 spiro atoms. The van der Waals surface area contributed by atoms with Gasteiger partial charge in [-0.15, -0.1) is 11.3 Å². The minimum Gasteiger partial charge on any atom is -0.396 e. The molecule has 1 aromatic rings. The van der Waals surface area contributed by atoms with Gasteiger partial charge in [0.15, 0.2) is 0 Å². The van der Waals surface area contributed by atoms with Crippen LogP contribution in [0.25, 0.3) is 0 Å². The first-order valence-corrected chi connectivity index (χ1v) is 5.86. The van der Waals surface area contributed by atoms with E-state index in [-0.39, 0.29) is 12.0 Å². The Hall–Kier alpha value is -0.410. The molecule has 0 radical (unpaired) electrons. The van der Waals surface area contributed by atoms with Crippen LogP contribution >= 0.6 is 11.3 Å². The van der Waals surface area contributed by atoms with E-state index in [2.05, 4.69) is 31.1 Å². The van der Waals surface area contributed by atoms with E-state index in [0.29, 0.717) is 5.92 Å². The zero-order valence-corrected chi connectivity index (χ0v) is 10.2. The maximum absolute atomic E-state index is 9.04. The summed E-state index contributed by atoms with van der Waals surface area (Å²) < 4.78 is 0. The van der Waals surface area contributed by atoms with E-state index < -0.39 is 0 Å². The average molecular weight is 213 g/mol. The zero-order valence-electron chi connectivity index (χ0n) is 9.37. The molecular weight excluding hydrogens is 194 g/mol. The van der Waals surface area contributed by atoms with Crippen LogP contribution in [0, 0.1) is 12.3 Å². The molecule has 3 heteroatoms. The fourth-order valence-corrected chi connectivity index (χ4v) is 2.36. The van der Waals surface area contributed by atoms with Gasteiger partial charge in [-0.2, -0.15) is 0 Å². The smallest absolute Gasteiger partial charge is 0.0897 e. The van der Waals surface area contributed by atoms with Crippen molar-refractivity contribution >= 4 is 11.3 Å². The van der Waals surface area contributed by atoms with Crippen LogP contribution in [-0.4, -0.2) is 16.7 Å². The molecule has 0 aromatic carbocycles. The van der Waals surface area contributed by atoms with Crippen molar-refractivity contribution in [2.45, 2.75) is 40.0 Å². The molecule has 80 valence electrons. The van der Waals surface area contributed by atoms with Gasteiger partial charge in [0, 0.05) is 17.9 Å². The third kappa shape index (κ3) is 2.79. The van der Waals surface area contributed by atoms with Crippen molar-refractivity contribution in [2.24, 2.45) is 5.41 Å². The van der Waals surface area contributed by atoms with Gasteiger partial charge in [-0.3, -0.25) is 0 Å². The molecule has 0 aliphatic rings. The van der Waals surface area contributed by atoms with Gasteiger partial charge in [0.25, 0.3) is 0 Å². The molecule has 1 N–H and O–H groups in total. The predicted molar refractivity (Wildman–Crippen MR) is 60.7 cm³/mol. The third-order valence-corrected chi connectivity index (χ3v) is 3.25. The summed E-state index contributed by atoms with van der Waals surface area (Å²) in [6.45, 7) is 8.84. The minimum absolute atomic E-state index is 0.170. The van der Waals surface area contributed by atoms with Gasteiger partial charge in [0.2, 0.25) is 0 Å². The topological polar surface area (TPSA) is 33.1 Å². The summed E-state index contributed by atoms with van der Waals surface area (Å²) >= 11 is 1.68. The first-order valence-electron chi connectivity index (χ1n) is 4.98. The summed E-state index contributed by atoms with van der Waals surface area (Å²) in [5.74, 6) is 0.359. The minimum atomic E-state index is 0.170. The lowest BCUT2D eigenvalue weighted by Gasteiger charge is -2.28. The van der Waals surface area contributed by atoms with Crippen LogP contribution < -0.4 is 0 Å². The molecule has 0 saturated heterocycles. The number of aryl methyl sites for hydroxylation is 1. The number of aromatic nitrogens is 1. The number of hydrogen-bond donors (Lipinski definition) is 1. The maximum atomic E-state index is 9.04. The summed E-state index contributed by atoms with van der Waals surface area (Å²) in [7, 11) is 0. The van der Waals surface area contributed by atoms with Gasteiger partial charge >= 0.3 is 0 Å². The molecule has 14 heavy (non-hydrogen) atoms. The molecule has 1 heterocycles. The fourth-order valence-electron chi connectivity index (χ4n) is 1.69. The Morgan fingerprint density at radius 1 is 1.50 bits per heavy atom. The summed E-state index contributed by atoms with van der Waals surface area (Å²) in [6, 6.07) is 0. The molecule has 0 saturated carbocycles. The van der Waals surface area contributed by atoms with E-state index in [1.165, 1.54) is 0 Å². The predicted octanol–water partition coefficient (Wildman–Crippen LogP) is 2.96. The molecule has 1 rings (SSSR count). The van der Waals surface area contributed by atoms with Crippen molar-refractivity contribution in [3.8, 4) is 0 Å². The number of aliphatic hydroxyl groups excluding tert-OH is 1. The summed E-state index contributed by atoms with van der Waals surface area (Å²) in [5, 5.41) is 12.3. The van der Waals surface area contributed by atoms with Crippen LogP contribution in [0.3, 0.4) is 0 Å². The van der Waals surface area contributed by atoms with Crippen molar-refractivity contribution in [3.63, 3.8) is 0 Å². The Morgan fingerprint density at radius 3 is 2.50 bits per heavy atom. The Morgan fingerprint density at radius 2 is 2.14 bits per heavy atom. The zero-order chi connectivity index (χ0) is 10.8. The molecule has 0 aliphatic heterocycles. The first kappa shape index (κ1) is 11.7. The van der Waals surface area contributed by atoms with Gasteiger partial charge in [0.1, 0.15) is 0 Å². The second-order valence-electron chi connectivity index (χ2n) is 4.72. The highest BCUT2D eigenvalue weighted by Crippen LogP contribution is 2.37.